The lowest BCUT2D eigenvalue weighted by Gasteiger charge is -2.25. The Balaban J connectivity index is 2.55. The molecule has 0 saturated carbocycles. The zero-order chi connectivity index (χ0) is 11.5. The summed E-state index contributed by atoms with van der Waals surface area (Å²) >= 11 is 1.88. The summed E-state index contributed by atoms with van der Waals surface area (Å²) in [7, 11) is 0. The third kappa shape index (κ3) is 3.71. The van der Waals surface area contributed by atoms with Crippen LogP contribution < -0.4 is 5.32 Å². The van der Waals surface area contributed by atoms with Gasteiger partial charge in [-0.3, -0.25) is 4.99 Å². The standard InChI is InChI=1S/C12H24N2S/c1-6-12(7-2)9-15-10(14-12)13-8-11(3,4)5/h6-9H2,1-5H3,(H,13,14). The van der Waals surface area contributed by atoms with E-state index in [4.69, 9.17) is 0 Å². The molecule has 0 spiro atoms. The maximum Gasteiger partial charge on any atom is 0.157 e. The largest absolute Gasteiger partial charge is 0.359 e. The number of aliphatic imine (C=N–C) groups is 1. The normalized spacial score (nSPS) is 23.1. The average Bonchev–Trinajstić information content (AvgIpc) is 2.58. The van der Waals surface area contributed by atoms with Gasteiger partial charge in [-0.15, -0.1) is 0 Å². The molecule has 3 heteroatoms. The van der Waals surface area contributed by atoms with Crippen LogP contribution in [0.1, 0.15) is 47.5 Å². The lowest BCUT2D eigenvalue weighted by atomic mass is 9.96. The third-order valence-electron chi connectivity index (χ3n) is 2.91. The second-order valence-corrected chi connectivity index (χ2v) is 6.55. The van der Waals surface area contributed by atoms with Gasteiger partial charge in [0.1, 0.15) is 0 Å². The van der Waals surface area contributed by atoms with Gasteiger partial charge in [-0.25, -0.2) is 0 Å². The van der Waals surface area contributed by atoms with E-state index in [9.17, 15) is 0 Å². The first-order chi connectivity index (χ1) is 6.91. The van der Waals surface area contributed by atoms with Gasteiger partial charge in [0.2, 0.25) is 0 Å². The van der Waals surface area contributed by atoms with Crippen LogP contribution in [-0.4, -0.2) is 23.0 Å². The molecule has 0 aromatic carbocycles. The van der Waals surface area contributed by atoms with Gasteiger partial charge in [-0.1, -0.05) is 46.4 Å². The fraction of sp³-hybridized carbons (Fsp3) is 0.917. The Morgan fingerprint density at radius 2 is 1.93 bits per heavy atom. The van der Waals surface area contributed by atoms with Gasteiger partial charge in [0.15, 0.2) is 5.17 Å². The molecular formula is C12H24N2S. The van der Waals surface area contributed by atoms with Crippen molar-refractivity contribution in [2.24, 2.45) is 10.4 Å². The monoisotopic (exact) mass is 228 g/mol. The van der Waals surface area contributed by atoms with Crippen LogP contribution in [0.2, 0.25) is 0 Å². The fourth-order valence-electron chi connectivity index (χ4n) is 1.53. The number of amidine groups is 1. The number of rotatable bonds is 3. The Bertz CT molecular complexity index is 236. The van der Waals surface area contributed by atoms with Crippen molar-refractivity contribution in [2.75, 3.05) is 12.3 Å². The minimum Gasteiger partial charge on any atom is -0.359 e. The van der Waals surface area contributed by atoms with E-state index >= 15 is 0 Å². The number of nitrogens with zero attached hydrogens (tertiary/aromatic N) is 1. The van der Waals surface area contributed by atoms with Crippen molar-refractivity contribution in [1.82, 2.24) is 5.32 Å². The smallest absolute Gasteiger partial charge is 0.157 e. The predicted molar refractivity (Wildman–Crippen MR) is 70.7 cm³/mol. The van der Waals surface area contributed by atoms with Crippen LogP contribution in [0.15, 0.2) is 4.99 Å². The second-order valence-electron chi connectivity index (χ2n) is 5.58. The first-order valence-corrected chi connectivity index (χ1v) is 6.85. The van der Waals surface area contributed by atoms with E-state index in [2.05, 4.69) is 44.9 Å². The molecule has 0 aromatic heterocycles. The zero-order valence-electron chi connectivity index (χ0n) is 10.7. The summed E-state index contributed by atoms with van der Waals surface area (Å²) in [5.74, 6) is 1.17. The van der Waals surface area contributed by atoms with Crippen molar-refractivity contribution < 1.29 is 0 Å². The summed E-state index contributed by atoms with van der Waals surface area (Å²) in [6, 6.07) is 0. The second kappa shape index (κ2) is 4.77. The highest BCUT2D eigenvalue weighted by molar-refractivity contribution is 8.14. The maximum atomic E-state index is 4.65. The number of nitrogens with one attached hydrogen (secondary N) is 1. The molecule has 1 aliphatic rings. The highest BCUT2D eigenvalue weighted by atomic mass is 32.2. The number of thioether (sulfide) groups is 1. The van der Waals surface area contributed by atoms with Crippen LogP contribution >= 0.6 is 11.8 Å². The maximum absolute atomic E-state index is 4.65. The van der Waals surface area contributed by atoms with Crippen molar-refractivity contribution in [3.05, 3.63) is 0 Å². The first kappa shape index (κ1) is 12.9. The molecule has 1 N–H and O–H groups in total. The highest BCUT2D eigenvalue weighted by Gasteiger charge is 2.33. The molecule has 0 unspecified atom stereocenters. The molecule has 1 heterocycles. The van der Waals surface area contributed by atoms with Gasteiger partial charge in [0, 0.05) is 17.8 Å². The van der Waals surface area contributed by atoms with Gasteiger partial charge in [0.05, 0.1) is 0 Å². The zero-order valence-corrected chi connectivity index (χ0v) is 11.5. The lowest BCUT2D eigenvalue weighted by molar-refractivity contribution is 0.403. The van der Waals surface area contributed by atoms with Gasteiger partial charge < -0.3 is 5.32 Å². The third-order valence-corrected chi connectivity index (χ3v) is 4.11. The molecular weight excluding hydrogens is 204 g/mol. The minimum absolute atomic E-state index is 0.291. The molecule has 0 amide bonds. The molecule has 0 bridgehead atoms. The molecule has 0 atom stereocenters. The molecule has 1 saturated heterocycles. The molecule has 0 aliphatic carbocycles. The van der Waals surface area contributed by atoms with Crippen LogP contribution in [0, 0.1) is 5.41 Å². The van der Waals surface area contributed by atoms with Crippen LogP contribution in [0.5, 0.6) is 0 Å². The molecule has 1 rings (SSSR count). The van der Waals surface area contributed by atoms with Crippen molar-refractivity contribution in [3.63, 3.8) is 0 Å². The van der Waals surface area contributed by atoms with Crippen molar-refractivity contribution in [3.8, 4) is 0 Å². The molecule has 15 heavy (non-hydrogen) atoms. The Hall–Kier alpha value is -0.180. The minimum atomic E-state index is 0.291. The molecule has 2 nitrogen and oxygen atoms in total. The summed E-state index contributed by atoms with van der Waals surface area (Å²) in [4.78, 5) is 4.65. The average molecular weight is 228 g/mol. The van der Waals surface area contributed by atoms with Crippen molar-refractivity contribution >= 4 is 16.9 Å². The Kier molecular flexibility index (Phi) is 4.10. The van der Waals surface area contributed by atoms with Gasteiger partial charge in [0.25, 0.3) is 0 Å². The van der Waals surface area contributed by atoms with E-state index < -0.39 is 0 Å². The summed E-state index contributed by atoms with van der Waals surface area (Å²) in [6.07, 6.45) is 2.37. The number of hydrogen-bond acceptors (Lipinski definition) is 2. The van der Waals surface area contributed by atoms with E-state index in [1.165, 1.54) is 18.6 Å². The van der Waals surface area contributed by atoms with E-state index in [0.717, 1.165) is 11.7 Å². The van der Waals surface area contributed by atoms with Crippen LogP contribution in [0.4, 0.5) is 0 Å². The van der Waals surface area contributed by atoms with E-state index in [1.54, 1.807) is 0 Å². The Morgan fingerprint density at radius 1 is 1.33 bits per heavy atom. The Morgan fingerprint density at radius 3 is 2.33 bits per heavy atom. The topological polar surface area (TPSA) is 24.4 Å². The summed E-state index contributed by atoms with van der Waals surface area (Å²) < 4.78 is 0. The van der Waals surface area contributed by atoms with Crippen LogP contribution in [0.25, 0.3) is 0 Å². The fourth-order valence-corrected chi connectivity index (χ4v) is 2.87. The van der Waals surface area contributed by atoms with Crippen molar-refractivity contribution in [2.45, 2.75) is 53.0 Å². The van der Waals surface area contributed by atoms with Gasteiger partial charge >= 0.3 is 0 Å². The summed E-state index contributed by atoms with van der Waals surface area (Å²) in [5, 5.41) is 4.74. The number of hydrogen-bond donors (Lipinski definition) is 1. The summed E-state index contributed by atoms with van der Waals surface area (Å²) in [5.41, 5.74) is 0.598. The van der Waals surface area contributed by atoms with Gasteiger partial charge in [-0.05, 0) is 18.3 Å². The van der Waals surface area contributed by atoms with E-state index in [1.807, 2.05) is 11.8 Å². The molecule has 1 aliphatic heterocycles. The SMILES string of the molecule is CCC1(CC)CSC(=NCC(C)(C)C)N1. The first-order valence-electron chi connectivity index (χ1n) is 5.86. The molecule has 0 radical (unpaired) electrons. The van der Waals surface area contributed by atoms with Crippen LogP contribution in [0.3, 0.4) is 0 Å². The highest BCUT2D eigenvalue weighted by Crippen LogP contribution is 2.29. The molecule has 1 fully saturated rings. The van der Waals surface area contributed by atoms with Crippen molar-refractivity contribution in [1.29, 1.82) is 0 Å². The van der Waals surface area contributed by atoms with Gasteiger partial charge in [-0.2, -0.15) is 0 Å². The summed E-state index contributed by atoms with van der Waals surface area (Å²) in [6.45, 7) is 12.1. The Labute approximate surface area is 98.3 Å². The predicted octanol–water partition coefficient (Wildman–Crippen LogP) is 3.28. The lowest BCUT2D eigenvalue weighted by Crippen LogP contribution is -2.42. The van der Waals surface area contributed by atoms with Crippen LogP contribution in [-0.2, 0) is 0 Å². The molecule has 0 aromatic rings. The molecule has 88 valence electrons. The van der Waals surface area contributed by atoms with E-state index in [0.29, 0.717) is 11.0 Å². The van der Waals surface area contributed by atoms with E-state index in [-0.39, 0.29) is 0 Å². The quantitative estimate of drug-likeness (QED) is 0.801.